The molecule has 1 aliphatic heterocycles. The number of nitrogens with one attached hydrogen (secondary N) is 1. The van der Waals surface area contributed by atoms with E-state index in [9.17, 15) is 4.79 Å². The van der Waals surface area contributed by atoms with Crippen LogP contribution in [0.4, 0.5) is 0 Å². The first-order chi connectivity index (χ1) is 11.1. The van der Waals surface area contributed by atoms with Crippen LogP contribution < -0.4 is 14.8 Å². The Labute approximate surface area is 158 Å². The van der Waals surface area contributed by atoms with E-state index in [1.165, 1.54) is 0 Å². The molecule has 1 aromatic carbocycles. The van der Waals surface area contributed by atoms with Crippen LogP contribution >= 0.6 is 28.3 Å². The summed E-state index contributed by atoms with van der Waals surface area (Å²) in [6.07, 6.45) is 3.04. The fraction of sp³-hybridized carbons (Fsp3) is 0.588. The molecule has 1 amide bonds. The quantitative estimate of drug-likeness (QED) is 0.764. The number of carbonyl (C=O) groups excluding carboxylic acids is 1. The Morgan fingerprint density at radius 1 is 1.46 bits per heavy atom. The number of halogens is 2. The summed E-state index contributed by atoms with van der Waals surface area (Å²) in [7, 11) is 3.53. The van der Waals surface area contributed by atoms with Gasteiger partial charge in [0.1, 0.15) is 0 Å². The Balaban J connectivity index is 0.00000288. The smallest absolute Gasteiger partial charge is 0.254 e. The van der Waals surface area contributed by atoms with E-state index in [1.807, 2.05) is 24.9 Å². The van der Waals surface area contributed by atoms with Crippen molar-refractivity contribution in [2.75, 3.05) is 33.9 Å². The molecule has 1 aliphatic rings. The lowest BCUT2D eigenvalue weighted by atomic mass is 10.0. The van der Waals surface area contributed by atoms with Crippen molar-refractivity contribution in [2.24, 2.45) is 0 Å². The first kappa shape index (κ1) is 21.1. The van der Waals surface area contributed by atoms with Gasteiger partial charge in [-0.1, -0.05) is 6.92 Å². The lowest BCUT2D eigenvalue weighted by Crippen LogP contribution is -2.46. The van der Waals surface area contributed by atoms with Gasteiger partial charge in [0.25, 0.3) is 5.91 Å². The second-order valence-corrected chi connectivity index (χ2v) is 6.57. The summed E-state index contributed by atoms with van der Waals surface area (Å²) in [6.45, 7) is 4.19. The number of ether oxygens (including phenoxy) is 2. The molecule has 5 nitrogen and oxygen atoms in total. The van der Waals surface area contributed by atoms with Crippen LogP contribution in [0.2, 0.25) is 0 Å². The van der Waals surface area contributed by atoms with Crippen LogP contribution in [0, 0.1) is 0 Å². The van der Waals surface area contributed by atoms with Crippen molar-refractivity contribution in [3.8, 4) is 11.5 Å². The molecule has 0 aromatic heterocycles. The molecular formula is C17H26BrClN2O3. The molecule has 0 spiro atoms. The number of hydrogen-bond acceptors (Lipinski definition) is 4. The summed E-state index contributed by atoms with van der Waals surface area (Å²) in [6, 6.07) is 3.95. The minimum absolute atomic E-state index is 0. The largest absolute Gasteiger partial charge is 0.493 e. The fourth-order valence-electron chi connectivity index (χ4n) is 2.77. The summed E-state index contributed by atoms with van der Waals surface area (Å²) >= 11 is 3.50. The number of benzene rings is 1. The van der Waals surface area contributed by atoms with E-state index in [0.29, 0.717) is 29.7 Å². The monoisotopic (exact) mass is 420 g/mol. The van der Waals surface area contributed by atoms with Gasteiger partial charge < -0.3 is 19.7 Å². The first-order valence-electron chi connectivity index (χ1n) is 8.07. The maximum absolute atomic E-state index is 12.8. The zero-order valence-electron chi connectivity index (χ0n) is 14.4. The van der Waals surface area contributed by atoms with E-state index in [2.05, 4.69) is 21.2 Å². The molecule has 1 fully saturated rings. The second-order valence-electron chi connectivity index (χ2n) is 5.72. The summed E-state index contributed by atoms with van der Waals surface area (Å²) in [5.74, 6) is 1.27. The van der Waals surface area contributed by atoms with E-state index in [0.717, 1.165) is 36.8 Å². The molecule has 136 valence electrons. The topological polar surface area (TPSA) is 50.8 Å². The van der Waals surface area contributed by atoms with Gasteiger partial charge in [-0.15, -0.1) is 12.4 Å². The predicted molar refractivity (Wildman–Crippen MR) is 102 cm³/mol. The second kappa shape index (κ2) is 10.1. The number of rotatable bonds is 6. The molecule has 1 unspecified atom stereocenters. The van der Waals surface area contributed by atoms with Gasteiger partial charge >= 0.3 is 0 Å². The van der Waals surface area contributed by atoms with Crippen molar-refractivity contribution in [3.63, 3.8) is 0 Å². The molecule has 0 bridgehead atoms. The summed E-state index contributed by atoms with van der Waals surface area (Å²) in [5.41, 5.74) is 0.620. The number of likely N-dealkylation sites (N-methyl/N-ethyl adjacent to an activating group) is 1. The maximum atomic E-state index is 12.8. The Morgan fingerprint density at radius 2 is 2.21 bits per heavy atom. The van der Waals surface area contributed by atoms with Gasteiger partial charge in [0.05, 0.1) is 18.2 Å². The Hall–Kier alpha value is -0.980. The van der Waals surface area contributed by atoms with E-state index >= 15 is 0 Å². The maximum Gasteiger partial charge on any atom is 0.254 e. The highest BCUT2D eigenvalue weighted by atomic mass is 79.9. The van der Waals surface area contributed by atoms with Crippen LogP contribution in [0.25, 0.3) is 0 Å². The van der Waals surface area contributed by atoms with E-state index in [4.69, 9.17) is 9.47 Å². The van der Waals surface area contributed by atoms with Crippen molar-refractivity contribution in [1.29, 1.82) is 0 Å². The van der Waals surface area contributed by atoms with Crippen molar-refractivity contribution in [1.82, 2.24) is 10.2 Å². The Bertz CT molecular complexity index is 557. The van der Waals surface area contributed by atoms with Gasteiger partial charge in [-0.2, -0.15) is 0 Å². The lowest BCUT2D eigenvalue weighted by Gasteiger charge is -2.32. The first-order valence-corrected chi connectivity index (χ1v) is 8.86. The fourth-order valence-corrected chi connectivity index (χ4v) is 3.32. The Kier molecular flexibility index (Phi) is 8.87. The molecule has 1 heterocycles. The zero-order valence-corrected chi connectivity index (χ0v) is 16.8. The van der Waals surface area contributed by atoms with Crippen molar-refractivity contribution in [3.05, 3.63) is 22.2 Å². The molecule has 1 atom stereocenters. The van der Waals surface area contributed by atoms with Crippen LogP contribution in [0.15, 0.2) is 16.6 Å². The minimum atomic E-state index is 0. The molecule has 7 heteroatoms. The standard InChI is InChI=1S/C17H25BrN2O3.ClH/c1-4-8-23-16-14(18)9-12(10-15(16)22-3)17(21)20-7-5-6-13(11-20)19-2;/h9-10,13,19H,4-8,11H2,1-3H3;1H. The van der Waals surface area contributed by atoms with Crippen LogP contribution in [0.5, 0.6) is 11.5 Å². The number of methoxy groups -OCH3 is 1. The van der Waals surface area contributed by atoms with Crippen LogP contribution in [-0.2, 0) is 0 Å². The van der Waals surface area contributed by atoms with Crippen molar-refractivity contribution < 1.29 is 14.3 Å². The number of nitrogens with zero attached hydrogens (tertiary/aromatic N) is 1. The summed E-state index contributed by atoms with van der Waals surface area (Å²) in [4.78, 5) is 14.7. The average molecular weight is 422 g/mol. The molecule has 2 rings (SSSR count). The zero-order chi connectivity index (χ0) is 16.8. The highest BCUT2D eigenvalue weighted by molar-refractivity contribution is 9.10. The molecule has 1 saturated heterocycles. The SMILES string of the molecule is CCCOc1c(Br)cc(C(=O)N2CCCC(NC)C2)cc1OC.Cl. The molecule has 0 radical (unpaired) electrons. The highest BCUT2D eigenvalue weighted by Crippen LogP contribution is 2.37. The normalized spacial score (nSPS) is 17.2. The number of likely N-dealkylation sites (tertiary alicyclic amines) is 1. The molecular weight excluding hydrogens is 396 g/mol. The Morgan fingerprint density at radius 3 is 2.83 bits per heavy atom. The third-order valence-electron chi connectivity index (χ3n) is 4.04. The molecule has 0 saturated carbocycles. The van der Waals surface area contributed by atoms with Gasteiger partial charge in [0, 0.05) is 24.7 Å². The van der Waals surface area contributed by atoms with Crippen molar-refractivity contribution in [2.45, 2.75) is 32.2 Å². The van der Waals surface area contributed by atoms with E-state index in [1.54, 1.807) is 13.2 Å². The van der Waals surface area contributed by atoms with Gasteiger partial charge in [0.15, 0.2) is 11.5 Å². The van der Waals surface area contributed by atoms with E-state index < -0.39 is 0 Å². The highest BCUT2D eigenvalue weighted by Gasteiger charge is 2.25. The van der Waals surface area contributed by atoms with Gasteiger partial charge in [-0.25, -0.2) is 0 Å². The van der Waals surface area contributed by atoms with Gasteiger partial charge in [-0.3, -0.25) is 4.79 Å². The number of piperidine rings is 1. The van der Waals surface area contributed by atoms with Gasteiger partial charge in [0.2, 0.25) is 0 Å². The van der Waals surface area contributed by atoms with E-state index in [-0.39, 0.29) is 18.3 Å². The molecule has 0 aliphatic carbocycles. The number of carbonyl (C=O) groups is 1. The van der Waals surface area contributed by atoms with Crippen LogP contribution in [0.3, 0.4) is 0 Å². The summed E-state index contributed by atoms with van der Waals surface area (Å²) < 4.78 is 11.9. The molecule has 1 N–H and O–H groups in total. The molecule has 24 heavy (non-hydrogen) atoms. The van der Waals surface area contributed by atoms with Crippen LogP contribution in [0.1, 0.15) is 36.5 Å². The predicted octanol–water partition coefficient (Wildman–Crippen LogP) is 3.49. The number of amides is 1. The third kappa shape index (κ3) is 5.01. The molecule has 1 aromatic rings. The van der Waals surface area contributed by atoms with Crippen LogP contribution in [-0.4, -0.2) is 50.7 Å². The minimum Gasteiger partial charge on any atom is -0.493 e. The lowest BCUT2D eigenvalue weighted by molar-refractivity contribution is 0.0697. The number of hydrogen-bond donors (Lipinski definition) is 1. The summed E-state index contributed by atoms with van der Waals surface area (Å²) in [5, 5.41) is 3.26. The van der Waals surface area contributed by atoms with Crippen molar-refractivity contribution >= 4 is 34.2 Å². The van der Waals surface area contributed by atoms with Gasteiger partial charge in [-0.05, 0) is 54.4 Å². The third-order valence-corrected chi connectivity index (χ3v) is 4.63. The average Bonchev–Trinajstić information content (AvgIpc) is 2.59.